The van der Waals surface area contributed by atoms with Crippen molar-refractivity contribution in [2.45, 2.75) is 0 Å². The fourth-order valence-electron chi connectivity index (χ4n) is 8.45. The molecule has 3 aliphatic carbocycles. The lowest BCUT2D eigenvalue weighted by molar-refractivity contribution is -0.115. The van der Waals surface area contributed by atoms with Gasteiger partial charge in [-0.1, -0.05) is 206 Å². The highest BCUT2D eigenvalue weighted by Crippen LogP contribution is 2.51. The summed E-state index contributed by atoms with van der Waals surface area (Å²) >= 11 is 7.24. The van der Waals surface area contributed by atoms with Crippen LogP contribution in [0.5, 0.6) is 0 Å². The van der Waals surface area contributed by atoms with Crippen molar-refractivity contribution in [3.63, 3.8) is 0 Å². The van der Waals surface area contributed by atoms with E-state index in [2.05, 4.69) is 202 Å². The summed E-state index contributed by atoms with van der Waals surface area (Å²) in [6.45, 7) is -4.86. The Labute approximate surface area is 356 Å². The van der Waals surface area contributed by atoms with E-state index in [-0.39, 0.29) is 20.5 Å². The van der Waals surface area contributed by atoms with E-state index in [1.807, 2.05) is 48.6 Å². The zero-order chi connectivity index (χ0) is 39.7. The molecule has 0 atom stereocenters. The topological polar surface area (TPSA) is 34.1 Å². The zero-order valence-corrected chi connectivity index (χ0v) is 36.2. The third-order valence-corrected chi connectivity index (χ3v) is 21.0. The minimum Gasteiger partial charge on any atom is -0.288 e. The molecule has 0 spiro atoms. The molecule has 0 radical (unpaired) electrons. The SMILES string of the molecule is O=C1C(Br)=C(C2=CC(=P(c3ccccc3)(c3ccccc3)c3ccccc3)C=C2)C(=O)C(C2=CC(=P(c3ccccc3)(c3ccccc3)c3ccccc3)C=C2)=C1Br. The number of allylic oxidation sites excluding steroid dienone is 12. The first-order chi connectivity index (χ1) is 28.5. The second-order valence-electron chi connectivity index (χ2n) is 14.1. The maximum atomic E-state index is 15.1. The van der Waals surface area contributed by atoms with Crippen molar-refractivity contribution < 1.29 is 9.59 Å². The van der Waals surface area contributed by atoms with Crippen molar-refractivity contribution in [3.05, 3.63) is 250 Å². The summed E-state index contributed by atoms with van der Waals surface area (Å²) in [5, 5.41) is 9.45. The summed E-state index contributed by atoms with van der Waals surface area (Å²) in [7, 11) is 0. The lowest BCUT2D eigenvalue weighted by atomic mass is 9.87. The van der Waals surface area contributed by atoms with E-state index in [1.165, 1.54) is 31.8 Å². The predicted molar refractivity (Wildman–Crippen MR) is 257 cm³/mol. The van der Waals surface area contributed by atoms with Gasteiger partial charge in [-0.05, 0) is 111 Å². The molecule has 6 aromatic rings. The van der Waals surface area contributed by atoms with Crippen LogP contribution in [0.4, 0.5) is 0 Å². The van der Waals surface area contributed by atoms with Crippen LogP contribution in [0.1, 0.15) is 0 Å². The van der Waals surface area contributed by atoms with Crippen LogP contribution >= 0.6 is 45.6 Å². The van der Waals surface area contributed by atoms with E-state index in [0.29, 0.717) is 22.3 Å². The van der Waals surface area contributed by atoms with Gasteiger partial charge in [0.05, 0.1) is 8.96 Å². The van der Waals surface area contributed by atoms with E-state index in [4.69, 9.17) is 0 Å². The van der Waals surface area contributed by atoms with Crippen molar-refractivity contribution in [2.24, 2.45) is 0 Å². The molecule has 0 N–H and O–H groups in total. The van der Waals surface area contributed by atoms with E-state index in [1.54, 1.807) is 0 Å². The highest BCUT2D eigenvalue weighted by atomic mass is 79.9. The molecule has 0 fully saturated rings. The summed E-state index contributed by atoms with van der Waals surface area (Å²) in [6, 6.07) is 63.9. The third-order valence-electron chi connectivity index (χ3n) is 11.0. The Kier molecular flexibility index (Phi) is 10.6. The molecule has 0 heterocycles. The van der Waals surface area contributed by atoms with Gasteiger partial charge < -0.3 is 0 Å². The van der Waals surface area contributed by atoms with Gasteiger partial charge in [-0.2, -0.15) is 0 Å². The minimum atomic E-state index is -2.43. The van der Waals surface area contributed by atoms with Gasteiger partial charge in [-0.25, -0.2) is 0 Å². The van der Waals surface area contributed by atoms with E-state index >= 15 is 4.79 Å². The van der Waals surface area contributed by atoms with Crippen LogP contribution in [0.2, 0.25) is 0 Å². The fraction of sp³-hybridized carbons (Fsp3) is 0. The Bertz CT molecular complexity index is 2500. The normalized spacial score (nSPS) is 15.7. The second-order valence-corrected chi connectivity index (χ2v) is 22.5. The van der Waals surface area contributed by atoms with Crippen LogP contribution in [-0.2, 0) is 9.59 Å². The summed E-state index contributed by atoms with van der Waals surface area (Å²) < 4.78 is 0.500. The van der Waals surface area contributed by atoms with Crippen molar-refractivity contribution in [2.75, 3.05) is 0 Å². The Balaban J connectivity index is 1.24. The first-order valence-corrected chi connectivity index (χ1v) is 24.2. The van der Waals surface area contributed by atoms with E-state index in [9.17, 15) is 4.79 Å². The first-order valence-electron chi connectivity index (χ1n) is 19.0. The molecular formula is C52H36Br2O2P2. The number of rotatable bonds is 8. The molecule has 2 nitrogen and oxygen atoms in total. The molecular weight excluding hydrogens is 878 g/mol. The molecule has 0 aromatic heterocycles. The van der Waals surface area contributed by atoms with Crippen LogP contribution in [0.15, 0.2) is 250 Å². The summed E-state index contributed by atoms with van der Waals surface area (Å²) in [5.41, 5.74) is 2.13. The summed E-state index contributed by atoms with van der Waals surface area (Å²) in [6.07, 6.45) is 12.6. The monoisotopic (exact) mass is 912 g/mol. The molecule has 280 valence electrons. The van der Waals surface area contributed by atoms with Crippen molar-refractivity contribution in [1.82, 2.24) is 0 Å². The Morgan fingerprint density at radius 3 is 0.793 bits per heavy atom. The lowest BCUT2D eigenvalue weighted by Gasteiger charge is -2.31. The van der Waals surface area contributed by atoms with E-state index in [0.717, 1.165) is 10.6 Å². The smallest absolute Gasteiger partial charge is 0.208 e. The number of halogens is 2. The number of ketones is 2. The Morgan fingerprint density at radius 2 is 0.552 bits per heavy atom. The number of benzene rings is 6. The van der Waals surface area contributed by atoms with Crippen molar-refractivity contribution in [3.8, 4) is 0 Å². The average Bonchev–Trinajstić information content (AvgIpc) is 3.98. The van der Waals surface area contributed by atoms with Crippen LogP contribution < -0.4 is 31.8 Å². The molecule has 0 aliphatic heterocycles. The number of hydrogen-bond acceptors (Lipinski definition) is 2. The van der Waals surface area contributed by atoms with Gasteiger partial charge in [0, 0.05) is 11.1 Å². The lowest BCUT2D eigenvalue weighted by Crippen LogP contribution is -2.29. The van der Waals surface area contributed by atoms with Crippen LogP contribution in [0.3, 0.4) is 0 Å². The highest BCUT2D eigenvalue weighted by Gasteiger charge is 2.38. The molecule has 6 heteroatoms. The van der Waals surface area contributed by atoms with Gasteiger partial charge in [-0.15, -0.1) is 0 Å². The molecule has 0 amide bonds. The van der Waals surface area contributed by atoms with Gasteiger partial charge in [0.15, 0.2) is 5.78 Å². The Hall–Kier alpha value is -5.34. The fourth-order valence-corrected chi connectivity index (χ4v) is 18.5. The largest absolute Gasteiger partial charge is 0.288 e. The first kappa shape index (κ1) is 38.2. The van der Waals surface area contributed by atoms with Gasteiger partial charge in [0.1, 0.15) is 0 Å². The van der Waals surface area contributed by atoms with Gasteiger partial charge in [-0.3, -0.25) is 9.59 Å². The van der Waals surface area contributed by atoms with Crippen molar-refractivity contribution in [1.29, 1.82) is 0 Å². The molecule has 9 rings (SSSR count). The number of hydrogen-bond donors (Lipinski definition) is 0. The Morgan fingerprint density at radius 1 is 0.310 bits per heavy atom. The third kappa shape index (κ3) is 6.31. The average molecular weight is 915 g/mol. The summed E-state index contributed by atoms with van der Waals surface area (Å²) in [5.74, 6) is -0.473. The van der Waals surface area contributed by atoms with Gasteiger partial charge in [0.2, 0.25) is 5.78 Å². The quantitative estimate of drug-likeness (QED) is 0.113. The molecule has 0 saturated carbocycles. The number of Topliss-reactive ketones (excluding diaryl/α,β-unsaturated/α-hetero) is 2. The molecule has 58 heavy (non-hydrogen) atoms. The molecule has 0 unspecified atom stereocenters. The van der Waals surface area contributed by atoms with E-state index < -0.39 is 13.8 Å². The minimum absolute atomic E-state index is 0.209. The van der Waals surface area contributed by atoms with Gasteiger partial charge >= 0.3 is 0 Å². The standard InChI is InChI=1S/C52H36Br2O2P2/c53-49-47(37-31-33-45(35-37)57(39-19-7-1-8-20-39,40-21-9-2-10-22-40)41-23-11-3-12-24-41)51(55)48(50(54)52(49)56)38-32-34-46(36-38)58(42-25-13-4-14-26-42,43-27-15-5-16-28-43)44-29-17-6-18-30-44/h1-36H. The molecule has 6 aromatic carbocycles. The van der Waals surface area contributed by atoms with Gasteiger partial charge in [0.25, 0.3) is 0 Å². The predicted octanol–water partition coefficient (Wildman–Crippen LogP) is 9.76. The molecule has 0 saturated heterocycles. The number of carbonyl (C=O) groups excluding carboxylic acids is 2. The second kappa shape index (κ2) is 16.1. The summed E-state index contributed by atoms with van der Waals surface area (Å²) in [4.78, 5) is 29.3. The van der Waals surface area contributed by atoms with Crippen LogP contribution in [0, 0.1) is 0 Å². The highest BCUT2D eigenvalue weighted by molar-refractivity contribution is 9.13. The maximum absolute atomic E-state index is 15.1. The van der Waals surface area contributed by atoms with Crippen molar-refractivity contribution >= 4 is 99.6 Å². The zero-order valence-electron chi connectivity index (χ0n) is 31.3. The maximum Gasteiger partial charge on any atom is 0.208 e. The molecule has 0 bridgehead atoms. The van der Waals surface area contributed by atoms with Crippen LogP contribution in [0.25, 0.3) is 0 Å². The molecule has 3 aliphatic rings. The van der Waals surface area contributed by atoms with Crippen LogP contribution in [-0.4, -0.2) is 22.2 Å². The number of carbonyl (C=O) groups is 2.